The Kier molecular flexibility index (Phi) is 4.13. The van der Waals surface area contributed by atoms with Crippen molar-refractivity contribution in [2.24, 2.45) is 0 Å². The van der Waals surface area contributed by atoms with Crippen LogP contribution in [0.5, 0.6) is 0 Å². The van der Waals surface area contributed by atoms with Crippen LogP contribution in [0.25, 0.3) is 0 Å². The highest BCUT2D eigenvalue weighted by Gasteiger charge is 2.08. The molecule has 0 N–H and O–H groups in total. The van der Waals surface area contributed by atoms with E-state index in [9.17, 15) is 8.42 Å². The third-order valence-electron chi connectivity index (χ3n) is 1.79. The van der Waals surface area contributed by atoms with E-state index in [2.05, 4.69) is 0 Å². The SMILES string of the molecule is CC(C)OCc1ccc(S(=O)(=O)Cl)cc1. The molecule has 0 amide bonds. The molecule has 0 aliphatic heterocycles. The summed E-state index contributed by atoms with van der Waals surface area (Å²) in [6, 6.07) is 6.33. The van der Waals surface area contributed by atoms with Crippen LogP contribution < -0.4 is 0 Å². The molecular weight excluding hydrogens is 236 g/mol. The van der Waals surface area contributed by atoms with Crippen molar-refractivity contribution in [3.63, 3.8) is 0 Å². The molecule has 1 aromatic carbocycles. The zero-order valence-electron chi connectivity index (χ0n) is 8.60. The predicted octanol–water partition coefficient (Wildman–Crippen LogP) is 2.54. The molecule has 15 heavy (non-hydrogen) atoms. The second-order valence-electron chi connectivity index (χ2n) is 3.44. The fourth-order valence-electron chi connectivity index (χ4n) is 1.01. The summed E-state index contributed by atoms with van der Waals surface area (Å²) in [6.45, 7) is 4.36. The van der Waals surface area contributed by atoms with E-state index < -0.39 is 9.05 Å². The molecule has 0 aromatic heterocycles. The summed E-state index contributed by atoms with van der Waals surface area (Å²) < 4.78 is 27.3. The van der Waals surface area contributed by atoms with E-state index in [0.29, 0.717) is 6.61 Å². The van der Waals surface area contributed by atoms with Crippen LogP contribution in [0.2, 0.25) is 0 Å². The van der Waals surface area contributed by atoms with Gasteiger partial charge >= 0.3 is 0 Å². The lowest BCUT2D eigenvalue weighted by Gasteiger charge is -2.07. The molecule has 0 spiro atoms. The third-order valence-corrected chi connectivity index (χ3v) is 3.16. The Bertz CT molecular complexity index is 409. The maximum absolute atomic E-state index is 10.9. The first-order valence-electron chi connectivity index (χ1n) is 4.55. The van der Waals surface area contributed by atoms with Crippen molar-refractivity contribution >= 4 is 19.7 Å². The maximum Gasteiger partial charge on any atom is 0.261 e. The van der Waals surface area contributed by atoms with E-state index in [1.165, 1.54) is 12.1 Å². The molecule has 0 aliphatic rings. The zero-order chi connectivity index (χ0) is 11.5. The van der Waals surface area contributed by atoms with E-state index in [1.807, 2.05) is 13.8 Å². The van der Waals surface area contributed by atoms with Crippen LogP contribution in [0.3, 0.4) is 0 Å². The highest BCUT2D eigenvalue weighted by Crippen LogP contribution is 2.15. The summed E-state index contributed by atoms with van der Waals surface area (Å²) in [5.74, 6) is 0. The second kappa shape index (κ2) is 4.96. The van der Waals surface area contributed by atoms with Crippen LogP contribution in [-0.2, 0) is 20.4 Å². The molecule has 0 atom stereocenters. The molecule has 5 heteroatoms. The molecule has 84 valence electrons. The Morgan fingerprint density at radius 2 is 1.80 bits per heavy atom. The monoisotopic (exact) mass is 248 g/mol. The second-order valence-corrected chi connectivity index (χ2v) is 6.01. The summed E-state index contributed by atoms with van der Waals surface area (Å²) in [6.07, 6.45) is 0.154. The Hall–Kier alpha value is -0.580. The van der Waals surface area contributed by atoms with Crippen LogP contribution >= 0.6 is 10.7 Å². The number of rotatable bonds is 4. The molecule has 0 heterocycles. The van der Waals surface area contributed by atoms with Gasteiger partial charge in [-0.1, -0.05) is 12.1 Å². The Labute approximate surface area is 94.4 Å². The van der Waals surface area contributed by atoms with Crippen molar-refractivity contribution in [1.82, 2.24) is 0 Å². The lowest BCUT2D eigenvalue weighted by Crippen LogP contribution is -2.02. The normalized spacial score (nSPS) is 12.0. The van der Waals surface area contributed by atoms with Gasteiger partial charge in [0.2, 0.25) is 0 Å². The largest absolute Gasteiger partial charge is 0.374 e. The Morgan fingerprint density at radius 3 is 2.20 bits per heavy atom. The molecular formula is C10H13ClO3S. The van der Waals surface area contributed by atoms with Crippen molar-refractivity contribution in [2.45, 2.75) is 31.5 Å². The number of hydrogen-bond donors (Lipinski definition) is 0. The fraction of sp³-hybridized carbons (Fsp3) is 0.400. The van der Waals surface area contributed by atoms with Crippen molar-refractivity contribution in [3.05, 3.63) is 29.8 Å². The van der Waals surface area contributed by atoms with Gasteiger partial charge in [0, 0.05) is 10.7 Å². The number of benzene rings is 1. The predicted molar refractivity (Wildman–Crippen MR) is 59.4 cm³/mol. The number of halogens is 1. The number of hydrogen-bond acceptors (Lipinski definition) is 3. The molecule has 0 bridgehead atoms. The van der Waals surface area contributed by atoms with Crippen LogP contribution in [0, 0.1) is 0 Å². The van der Waals surface area contributed by atoms with E-state index in [4.69, 9.17) is 15.4 Å². The van der Waals surface area contributed by atoms with Gasteiger partial charge in [-0.05, 0) is 31.5 Å². The first kappa shape index (κ1) is 12.5. The summed E-state index contributed by atoms with van der Waals surface area (Å²) in [7, 11) is 1.56. The lowest BCUT2D eigenvalue weighted by molar-refractivity contribution is 0.0657. The molecule has 0 unspecified atom stereocenters. The summed E-state index contributed by atoms with van der Waals surface area (Å²) in [5, 5.41) is 0. The van der Waals surface area contributed by atoms with Crippen molar-refractivity contribution in [1.29, 1.82) is 0 Å². The molecule has 1 aromatic rings. The van der Waals surface area contributed by atoms with Gasteiger partial charge in [-0.3, -0.25) is 0 Å². The lowest BCUT2D eigenvalue weighted by atomic mass is 10.2. The summed E-state index contributed by atoms with van der Waals surface area (Å²) >= 11 is 0. The average Bonchev–Trinajstić information content (AvgIpc) is 2.14. The molecule has 0 saturated heterocycles. The summed E-state index contributed by atoms with van der Waals surface area (Å²) in [5.41, 5.74) is 0.924. The van der Waals surface area contributed by atoms with Gasteiger partial charge in [0.15, 0.2) is 0 Å². The Balaban J connectivity index is 2.73. The first-order valence-corrected chi connectivity index (χ1v) is 6.86. The molecule has 0 radical (unpaired) electrons. The van der Waals surface area contributed by atoms with E-state index in [1.54, 1.807) is 12.1 Å². The van der Waals surface area contributed by atoms with Gasteiger partial charge in [-0.25, -0.2) is 8.42 Å². The van der Waals surface area contributed by atoms with Gasteiger partial charge in [-0.15, -0.1) is 0 Å². The zero-order valence-corrected chi connectivity index (χ0v) is 10.2. The van der Waals surface area contributed by atoms with Crippen LogP contribution in [0.15, 0.2) is 29.2 Å². The van der Waals surface area contributed by atoms with E-state index >= 15 is 0 Å². The highest BCUT2D eigenvalue weighted by molar-refractivity contribution is 8.13. The quantitative estimate of drug-likeness (QED) is 0.769. The smallest absolute Gasteiger partial charge is 0.261 e. The molecule has 1 rings (SSSR count). The number of ether oxygens (including phenoxy) is 1. The van der Waals surface area contributed by atoms with Gasteiger partial charge in [-0.2, -0.15) is 0 Å². The summed E-state index contributed by atoms with van der Waals surface area (Å²) in [4.78, 5) is 0.109. The van der Waals surface area contributed by atoms with Crippen LogP contribution in [-0.4, -0.2) is 14.5 Å². The van der Waals surface area contributed by atoms with E-state index in [-0.39, 0.29) is 11.0 Å². The Morgan fingerprint density at radius 1 is 1.27 bits per heavy atom. The van der Waals surface area contributed by atoms with E-state index in [0.717, 1.165) is 5.56 Å². The molecule has 3 nitrogen and oxygen atoms in total. The third kappa shape index (κ3) is 4.20. The minimum atomic E-state index is -3.62. The molecule has 0 aliphatic carbocycles. The fourth-order valence-corrected chi connectivity index (χ4v) is 1.78. The standard InChI is InChI=1S/C10H13ClO3S/c1-8(2)14-7-9-3-5-10(6-4-9)15(11,12)13/h3-6,8H,7H2,1-2H3. The average molecular weight is 249 g/mol. The topological polar surface area (TPSA) is 43.4 Å². The van der Waals surface area contributed by atoms with Crippen molar-refractivity contribution < 1.29 is 13.2 Å². The highest BCUT2D eigenvalue weighted by atomic mass is 35.7. The maximum atomic E-state index is 10.9. The van der Waals surface area contributed by atoms with Gasteiger partial charge < -0.3 is 4.74 Å². The van der Waals surface area contributed by atoms with Crippen LogP contribution in [0.1, 0.15) is 19.4 Å². The van der Waals surface area contributed by atoms with Crippen molar-refractivity contribution in [2.75, 3.05) is 0 Å². The molecule has 0 fully saturated rings. The van der Waals surface area contributed by atoms with Crippen LogP contribution in [0.4, 0.5) is 0 Å². The minimum Gasteiger partial charge on any atom is -0.374 e. The van der Waals surface area contributed by atoms with Crippen molar-refractivity contribution in [3.8, 4) is 0 Å². The molecule has 0 saturated carbocycles. The first-order chi connectivity index (χ1) is 6.89. The minimum absolute atomic E-state index is 0.109. The van der Waals surface area contributed by atoms with Gasteiger partial charge in [0.25, 0.3) is 9.05 Å². The van der Waals surface area contributed by atoms with Gasteiger partial charge in [0.1, 0.15) is 0 Å². The van der Waals surface area contributed by atoms with Gasteiger partial charge in [0.05, 0.1) is 17.6 Å².